The first-order valence-corrected chi connectivity index (χ1v) is 5.01. The van der Waals surface area contributed by atoms with E-state index in [0.29, 0.717) is 4.78 Å². The van der Waals surface area contributed by atoms with Crippen LogP contribution in [0.5, 0.6) is 0 Å². The van der Waals surface area contributed by atoms with Crippen molar-refractivity contribution in [1.29, 1.82) is 0 Å². The standard InChI is InChI=1S/C9H8BNO2S/c12-10(13)9-5-7(6-14-9)8-3-1-2-4-11-8/h1-6,12-13H. The third-order valence-electron chi connectivity index (χ3n) is 1.83. The van der Waals surface area contributed by atoms with Crippen LogP contribution in [0.4, 0.5) is 0 Å². The van der Waals surface area contributed by atoms with Crippen LogP contribution in [0, 0.1) is 0 Å². The summed E-state index contributed by atoms with van der Waals surface area (Å²) >= 11 is 1.31. The Hall–Kier alpha value is -1.17. The molecule has 0 bridgehead atoms. The first-order valence-electron chi connectivity index (χ1n) is 4.13. The molecule has 0 saturated carbocycles. The molecule has 70 valence electrons. The van der Waals surface area contributed by atoms with Crippen molar-refractivity contribution in [3.8, 4) is 11.3 Å². The van der Waals surface area contributed by atoms with Crippen LogP contribution in [-0.4, -0.2) is 22.2 Å². The third-order valence-corrected chi connectivity index (χ3v) is 2.81. The molecule has 2 heterocycles. The van der Waals surface area contributed by atoms with Gasteiger partial charge in [-0.15, -0.1) is 0 Å². The number of aromatic nitrogens is 1. The summed E-state index contributed by atoms with van der Waals surface area (Å²) in [5.41, 5.74) is 1.76. The zero-order valence-corrected chi connectivity index (χ0v) is 8.11. The maximum Gasteiger partial charge on any atom is 0.499 e. The zero-order valence-electron chi connectivity index (χ0n) is 7.29. The summed E-state index contributed by atoms with van der Waals surface area (Å²) in [6, 6.07) is 7.36. The first kappa shape index (κ1) is 9.39. The maximum atomic E-state index is 8.93. The second kappa shape index (κ2) is 3.92. The van der Waals surface area contributed by atoms with Gasteiger partial charge in [0.1, 0.15) is 0 Å². The van der Waals surface area contributed by atoms with Gasteiger partial charge < -0.3 is 10.0 Å². The molecule has 0 radical (unpaired) electrons. The number of nitrogens with zero attached hydrogens (tertiary/aromatic N) is 1. The van der Waals surface area contributed by atoms with E-state index in [9.17, 15) is 0 Å². The lowest BCUT2D eigenvalue weighted by molar-refractivity contribution is 0.427. The summed E-state index contributed by atoms with van der Waals surface area (Å²) < 4.78 is 0.533. The van der Waals surface area contributed by atoms with E-state index in [0.717, 1.165) is 11.3 Å². The summed E-state index contributed by atoms with van der Waals surface area (Å²) in [7, 11) is -1.39. The molecule has 0 aromatic carbocycles. The molecule has 2 aromatic heterocycles. The smallest absolute Gasteiger partial charge is 0.423 e. The van der Waals surface area contributed by atoms with Crippen molar-refractivity contribution in [3.05, 3.63) is 35.8 Å². The van der Waals surface area contributed by atoms with E-state index in [1.54, 1.807) is 12.3 Å². The van der Waals surface area contributed by atoms with Gasteiger partial charge in [-0.3, -0.25) is 4.98 Å². The van der Waals surface area contributed by atoms with Gasteiger partial charge in [0.05, 0.1) is 5.69 Å². The predicted molar refractivity (Wildman–Crippen MR) is 57.4 cm³/mol. The molecule has 0 amide bonds. The highest BCUT2D eigenvalue weighted by molar-refractivity contribution is 7.20. The molecule has 3 nitrogen and oxygen atoms in total. The van der Waals surface area contributed by atoms with Gasteiger partial charge in [-0.1, -0.05) is 6.07 Å². The van der Waals surface area contributed by atoms with Crippen LogP contribution in [0.3, 0.4) is 0 Å². The van der Waals surface area contributed by atoms with Gasteiger partial charge in [0.25, 0.3) is 0 Å². The van der Waals surface area contributed by atoms with Crippen molar-refractivity contribution < 1.29 is 10.0 Å². The average Bonchev–Trinajstić information content (AvgIpc) is 2.68. The summed E-state index contributed by atoms with van der Waals surface area (Å²) in [5.74, 6) is 0. The highest BCUT2D eigenvalue weighted by Gasteiger charge is 2.14. The molecule has 5 heteroatoms. The minimum absolute atomic E-state index is 0.533. The minimum Gasteiger partial charge on any atom is -0.423 e. The molecular weight excluding hydrogens is 197 g/mol. The molecule has 0 atom stereocenters. The van der Waals surface area contributed by atoms with Crippen molar-refractivity contribution in [1.82, 2.24) is 4.98 Å². The fourth-order valence-corrected chi connectivity index (χ4v) is 1.92. The SMILES string of the molecule is OB(O)c1cc(-c2ccccn2)cs1. The quantitative estimate of drug-likeness (QED) is 0.701. The van der Waals surface area contributed by atoms with Gasteiger partial charge in [0, 0.05) is 16.5 Å². The molecule has 14 heavy (non-hydrogen) atoms. The fourth-order valence-electron chi connectivity index (χ4n) is 1.16. The van der Waals surface area contributed by atoms with Crippen LogP contribution < -0.4 is 4.78 Å². The number of hydrogen-bond acceptors (Lipinski definition) is 4. The molecule has 2 N–H and O–H groups in total. The number of pyridine rings is 1. The predicted octanol–water partition coefficient (Wildman–Crippen LogP) is 0.490. The normalized spacial score (nSPS) is 10.1. The van der Waals surface area contributed by atoms with E-state index in [-0.39, 0.29) is 0 Å². The van der Waals surface area contributed by atoms with E-state index in [2.05, 4.69) is 4.98 Å². The monoisotopic (exact) mass is 205 g/mol. The van der Waals surface area contributed by atoms with Gasteiger partial charge in [-0.05, 0) is 23.6 Å². The maximum absolute atomic E-state index is 8.93. The Morgan fingerprint density at radius 3 is 2.71 bits per heavy atom. The Balaban J connectivity index is 2.34. The van der Waals surface area contributed by atoms with Crippen LogP contribution in [0.25, 0.3) is 11.3 Å². The molecule has 0 aliphatic rings. The Bertz CT molecular complexity index is 416. The zero-order chi connectivity index (χ0) is 9.97. The molecule has 0 fully saturated rings. The molecule has 0 saturated heterocycles. The summed E-state index contributed by atoms with van der Waals surface area (Å²) in [5, 5.41) is 19.7. The highest BCUT2D eigenvalue weighted by Crippen LogP contribution is 2.17. The van der Waals surface area contributed by atoms with E-state index in [4.69, 9.17) is 10.0 Å². The van der Waals surface area contributed by atoms with Crippen molar-refractivity contribution in [2.24, 2.45) is 0 Å². The van der Waals surface area contributed by atoms with Crippen molar-refractivity contribution >= 4 is 23.2 Å². The third kappa shape index (κ3) is 1.84. The van der Waals surface area contributed by atoms with Gasteiger partial charge in [0.15, 0.2) is 0 Å². The topological polar surface area (TPSA) is 53.4 Å². The minimum atomic E-state index is -1.39. The van der Waals surface area contributed by atoms with E-state index < -0.39 is 7.12 Å². The summed E-state index contributed by atoms with van der Waals surface area (Å²) in [6.07, 6.45) is 1.71. The van der Waals surface area contributed by atoms with Crippen LogP contribution in [0.15, 0.2) is 35.8 Å². The molecule has 2 rings (SSSR count). The van der Waals surface area contributed by atoms with Crippen molar-refractivity contribution in [2.75, 3.05) is 0 Å². The fraction of sp³-hybridized carbons (Fsp3) is 0. The lowest BCUT2D eigenvalue weighted by Gasteiger charge is -1.94. The summed E-state index contributed by atoms with van der Waals surface area (Å²) in [4.78, 5) is 4.17. The van der Waals surface area contributed by atoms with Gasteiger partial charge in [-0.2, -0.15) is 11.3 Å². The van der Waals surface area contributed by atoms with Gasteiger partial charge >= 0.3 is 7.12 Å². The number of rotatable bonds is 2. The number of thiophene rings is 1. The van der Waals surface area contributed by atoms with E-state index in [1.165, 1.54) is 11.3 Å². The van der Waals surface area contributed by atoms with Crippen LogP contribution in [0.1, 0.15) is 0 Å². The lowest BCUT2D eigenvalue weighted by atomic mass is 9.89. The molecule has 2 aromatic rings. The first-order chi connectivity index (χ1) is 6.77. The molecule has 0 unspecified atom stereocenters. The summed E-state index contributed by atoms with van der Waals surface area (Å²) in [6.45, 7) is 0. The van der Waals surface area contributed by atoms with E-state index >= 15 is 0 Å². The van der Waals surface area contributed by atoms with Crippen LogP contribution in [0.2, 0.25) is 0 Å². The second-order valence-electron chi connectivity index (χ2n) is 2.83. The Kier molecular flexibility index (Phi) is 2.63. The molecule has 0 spiro atoms. The van der Waals surface area contributed by atoms with Crippen LogP contribution >= 0.6 is 11.3 Å². The van der Waals surface area contributed by atoms with Gasteiger partial charge in [0.2, 0.25) is 0 Å². The lowest BCUT2D eigenvalue weighted by Crippen LogP contribution is -2.26. The second-order valence-corrected chi connectivity index (χ2v) is 3.77. The average molecular weight is 205 g/mol. The Morgan fingerprint density at radius 1 is 1.29 bits per heavy atom. The Labute approximate surface area is 85.8 Å². The number of hydrogen-bond donors (Lipinski definition) is 2. The molecule has 0 aliphatic heterocycles. The largest absolute Gasteiger partial charge is 0.499 e. The van der Waals surface area contributed by atoms with Gasteiger partial charge in [-0.25, -0.2) is 0 Å². The Morgan fingerprint density at radius 2 is 2.14 bits per heavy atom. The van der Waals surface area contributed by atoms with Crippen molar-refractivity contribution in [3.63, 3.8) is 0 Å². The van der Waals surface area contributed by atoms with E-state index in [1.807, 2.05) is 23.6 Å². The van der Waals surface area contributed by atoms with Crippen molar-refractivity contribution in [2.45, 2.75) is 0 Å². The molecular formula is C9H8BNO2S. The van der Waals surface area contributed by atoms with Crippen LogP contribution in [-0.2, 0) is 0 Å². The molecule has 0 aliphatic carbocycles. The highest BCUT2D eigenvalue weighted by atomic mass is 32.1.